The van der Waals surface area contributed by atoms with Crippen molar-refractivity contribution >= 4 is 5.91 Å². The van der Waals surface area contributed by atoms with Gasteiger partial charge in [0.1, 0.15) is 5.75 Å². The fraction of sp³-hybridized carbons (Fsp3) is 0.318. The maximum absolute atomic E-state index is 12.4. The Morgan fingerprint density at radius 1 is 1.00 bits per heavy atom. The number of rotatable bonds is 6. The Bertz CT molecular complexity index is 932. The molecule has 1 aromatic heterocycles. The van der Waals surface area contributed by atoms with Gasteiger partial charge in [-0.15, -0.1) is 10.2 Å². The summed E-state index contributed by atoms with van der Waals surface area (Å²) < 4.78 is 11.4. The molecule has 1 fully saturated rings. The zero-order valence-electron chi connectivity index (χ0n) is 16.5. The predicted molar refractivity (Wildman–Crippen MR) is 108 cm³/mol. The first-order valence-corrected chi connectivity index (χ1v) is 9.75. The lowest BCUT2D eigenvalue weighted by atomic mass is 10.2. The van der Waals surface area contributed by atoms with E-state index in [1.54, 1.807) is 0 Å². The fourth-order valence-electron chi connectivity index (χ4n) is 3.23. The molecule has 1 amide bonds. The highest BCUT2D eigenvalue weighted by atomic mass is 16.5. The maximum Gasteiger partial charge on any atom is 0.260 e. The van der Waals surface area contributed by atoms with E-state index in [0.717, 1.165) is 24.2 Å². The molecule has 150 valence electrons. The summed E-state index contributed by atoms with van der Waals surface area (Å²) in [5, 5.41) is 8.28. The van der Waals surface area contributed by atoms with Crippen LogP contribution in [0.15, 0.2) is 59.0 Å². The Hall–Kier alpha value is -3.19. The van der Waals surface area contributed by atoms with Gasteiger partial charge in [-0.1, -0.05) is 35.9 Å². The molecule has 3 aromatic rings. The fourth-order valence-corrected chi connectivity index (χ4v) is 3.23. The van der Waals surface area contributed by atoms with Crippen molar-refractivity contribution in [2.75, 3.05) is 32.8 Å². The number of benzene rings is 2. The number of piperazine rings is 1. The van der Waals surface area contributed by atoms with Crippen molar-refractivity contribution in [2.24, 2.45) is 0 Å². The van der Waals surface area contributed by atoms with Gasteiger partial charge in [0.2, 0.25) is 11.8 Å². The Morgan fingerprint density at radius 2 is 1.72 bits per heavy atom. The van der Waals surface area contributed by atoms with Gasteiger partial charge < -0.3 is 14.1 Å². The molecule has 1 aliphatic heterocycles. The highest BCUT2D eigenvalue weighted by Crippen LogP contribution is 2.18. The molecule has 0 spiro atoms. The Kier molecular flexibility index (Phi) is 5.86. The minimum Gasteiger partial charge on any atom is -0.484 e. The maximum atomic E-state index is 12.4. The number of aryl methyl sites for hydroxylation is 1. The summed E-state index contributed by atoms with van der Waals surface area (Å²) in [7, 11) is 0. The predicted octanol–water partition coefficient (Wildman–Crippen LogP) is 2.77. The summed E-state index contributed by atoms with van der Waals surface area (Å²) in [6.07, 6.45) is 0. The first-order chi connectivity index (χ1) is 14.2. The number of ether oxygens (including phenoxy) is 1. The van der Waals surface area contributed by atoms with Crippen LogP contribution in [0, 0.1) is 6.92 Å². The number of carbonyl (C=O) groups excluding carboxylic acids is 1. The molecule has 0 bridgehead atoms. The van der Waals surface area contributed by atoms with Gasteiger partial charge in [-0.3, -0.25) is 9.69 Å². The van der Waals surface area contributed by atoms with Crippen molar-refractivity contribution in [3.05, 3.63) is 66.1 Å². The number of hydrogen-bond acceptors (Lipinski definition) is 6. The van der Waals surface area contributed by atoms with Gasteiger partial charge in [0.25, 0.3) is 5.91 Å². The number of nitrogens with zero attached hydrogens (tertiary/aromatic N) is 4. The van der Waals surface area contributed by atoms with Gasteiger partial charge in [-0.25, -0.2) is 0 Å². The average molecular weight is 392 g/mol. The smallest absolute Gasteiger partial charge is 0.260 e. The monoisotopic (exact) mass is 392 g/mol. The molecule has 1 saturated heterocycles. The van der Waals surface area contributed by atoms with Crippen molar-refractivity contribution in [3.8, 4) is 17.2 Å². The molecule has 0 aliphatic carbocycles. The van der Waals surface area contributed by atoms with Crippen LogP contribution in [0.25, 0.3) is 11.5 Å². The van der Waals surface area contributed by atoms with Crippen LogP contribution >= 0.6 is 0 Å². The molecule has 2 heterocycles. The zero-order valence-corrected chi connectivity index (χ0v) is 16.5. The topological polar surface area (TPSA) is 71.7 Å². The molecule has 0 radical (unpaired) electrons. The van der Waals surface area contributed by atoms with E-state index >= 15 is 0 Å². The summed E-state index contributed by atoms with van der Waals surface area (Å²) in [6.45, 7) is 5.52. The molecule has 7 nitrogen and oxygen atoms in total. The first-order valence-electron chi connectivity index (χ1n) is 9.75. The molecular formula is C22H24N4O3. The summed E-state index contributed by atoms with van der Waals surface area (Å²) in [4.78, 5) is 16.5. The molecule has 0 unspecified atom stereocenters. The van der Waals surface area contributed by atoms with E-state index in [1.807, 2.05) is 66.4 Å². The highest BCUT2D eigenvalue weighted by molar-refractivity contribution is 5.77. The summed E-state index contributed by atoms with van der Waals surface area (Å²) in [6, 6.07) is 17.4. The van der Waals surface area contributed by atoms with Crippen LogP contribution in [0.2, 0.25) is 0 Å². The standard InChI is InChI=1S/C22H24N4O3/c1-17-7-9-19(10-8-17)28-16-21(27)26-13-11-25(12-14-26)15-20-23-24-22(29-20)18-5-3-2-4-6-18/h2-10H,11-16H2,1H3. The van der Waals surface area contributed by atoms with Crippen molar-refractivity contribution in [3.63, 3.8) is 0 Å². The van der Waals surface area contributed by atoms with Gasteiger partial charge in [0.15, 0.2) is 6.61 Å². The minimum atomic E-state index is 0.00868. The molecule has 4 rings (SSSR count). The SMILES string of the molecule is Cc1ccc(OCC(=O)N2CCN(Cc3nnc(-c4ccccc4)o3)CC2)cc1. The lowest BCUT2D eigenvalue weighted by Gasteiger charge is -2.33. The van der Waals surface area contributed by atoms with Crippen LogP contribution < -0.4 is 4.74 Å². The van der Waals surface area contributed by atoms with Crippen LogP contribution in [-0.2, 0) is 11.3 Å². The Balaban J connectivity index is 1.23. The lowest BCUT2D eigenvalue weighted by molar-refractivity contribution is -0.135. The van der Waals surface area contributed by atoms with Crippen LogP contribution in [-0.4, -0.2) is 58.7 Å². The molecule has 1 aliphatic rings. The zero-order chi connectivity index (χ0) is 20.1. The molecule has 7 heteroatoms. The molecule has 0 atom stereocenters. The van der Waals surface area contributed by atoms with E-state index in [9.17, 15) is 4.79 Å². The van der Waals surface area contributed by atoms with Crippen LogP contribution in [0.4, 0.5) is 0 Å². The molecule has 0 N–H and O–H groups in total. The van der Waals surface area contributed by atoms with E-state index in [0.29, 0.717) is 37.2 Å². The second-order valence-corrected chi connectivity index (χ2v) is 7.13. The van der Waals surface area contributed by atoms with Crippen molar-refractivity contribution in [1.82, 2.24) is 20.0 Å². The lowest BCUT2D eigenvalue weighted by Crippen LogP contribution is -2.49. The molecular weight excluding hydrogens is 368 g/mol. The van der Waals surface area contributed by atoms with E-state index < -0.39 is 0 Å². The van der Waals surface area contributed by atoms with Gasteiger partial charge in [0.05, 0.1) is 6.54 Å². The average Bonchev–Trinajstić information content (AvgIpc) is 3.23. The van der Waals surface area contributed by atoms with Crippen LogP contribution in [0.5, 0.6) is 5.75 Å². The third-order valence-corrected chi connectivity index (χ3v) is 4.95. The largest absolute Gasteiger partial charge is 0.484 e. The minimum absolute atomic E-state index is 0.00868. The van der Waals surface area contributed by atoms with Crippen molar-refractivity contribution in [2.45, 2.75) is 13.5 Å². The highest BCUT2D eigenvalue weighted by Gasteiger charge is 2.23. The third kappa shape index (κ3) is 5.00. The summed E-state index contributed by atoms with van der Waals surface area (Å²) in [5.74, 6) is 1.84. The quantitative estimate of drug-likeness (QED) is 0.642. The number of amides is 1. The van der Waals surface area contributed by atoms with Gasteiger partial charge >= 0.3 is 0 Å². The van der Waals surface area contributed by atoms with E-state index in [4.69, 9.17) is 9.15 Å². The second-order valence-electron chi connectivity index (χ2n) is 7.13. The first kappa shape index (κ1) is 19.1. The third-order valence-electron chi connectivity index (χ3n) is 4.95. The van der Waals surface area contributed by atoms with Gasteiger partial charge in [0, 0.05) is 31.7 Å². The van der Waals surface area contributed by atoms with E-state index in [1.165, 1.54) is 0 Å². The van der Waals surface area contributed by atoms with Gasteiger partial charge in [-0.2, -0.15) is 0 Å². The normalized spacial score (nSPS) is 14.7. The van der Waals surface area contributed by atoms with Crippen LogP contribution in [0.3, 0.4) is 0 Å². The molecule has 2 aromatic carbocycles. The Labute approximate surface area is 169 Å². The second kappa shape index (κ2) is 8.87. The number of carbonyl (C=O) groups is 1. The number of hydrogen-bond donors (Lipinski definition) is 0. The summed E-state index contributed by atoms with van der Waals surface area (Å²) >= 11 is 0. The van der Waals surface area contributed by atoms with Crippen molar-refractivity contribution < 1.29 is 13.9 Å². The van der Waals surface area contributed by atoms with Crippen molar-refractivity contribution in [1.29, 1.82) is 0 Å². The number of aromatic nitrogens is 2. The van der Waals surface area contributed by atoms with E-state index in [-0.39, 0.29) is 12.5 Å². The molecule has 0 saturated carbocycles. The van der Waals surface area contributed by atoms with E-state index in [2.05, 4.69) is 15.1 Å². The van der Waals surface area contributed by atoms with Gasteiger partial charge in [-0.05, 0) is 31.2 Å². The Morgan fingerprint density at radius 3 is 2.45 bits per heavy atom. The summed E-state index contributed by atoms with van der Waals surface area (Å²) in [5.41, 5.74) is 2.08. The molecule has 29 heavy (non-hydrogen) atoms. The van der Waals surface area contributed by atoms with Crippen LogP contribution in [0.1, 0.15) is 11.5 Å².